The second kappa shape index (κ2) is 5.30. The predicted octanol–water partition coefficient (Wildman–Crippen LogP) is 3.90. The molecule has 3 N–H and O–H groups in total. The molecule has 3 rings (SSSR count). The first-order chi connectivity index (χ1) is 10.4. The molecule has 0 saturated carbocycles. The molecule has 0 aliphatic heterocycles. The molecular formula is C16H16N2O2S2. The summed E-state index contributed by atoms with van der Waals surface area (Å²) in [4.78, 5) is 0.957. The number of sulfonamides is 1. The van der Waals surface area contributed by atoms with Crippen LogP contribution in [-0.4, -0.2) is 8.42 Å². The van der Waals surface area contributed by atoms with Gasteiger partial charge in [-0.3, -0.25) is 4.72 Å². The van der Waals surface area contributed by atoms with Crippen molar-refractivity contribution >= 4 is 43.5 Å². The van der Waals surface area contributed by atoms with Crippen LogP contribution in [0, 0.1) is 13.8 Å². The first-order valence-electron chi connectivity index (χ1n) is 6.75. The highest BCUT2D eigenvalue weighted by Crippen LogP contribution is 2.33. The lowest BCUT2D eigenvalue weighted by Gasteiger charge is -2.13. The number of nitrogens with two attached hydrogens (primary N) is 1. The van der Waals surface area contributed by atoms with E-state index in [1.165, 1.54) is 11.3 Å². The van der Waals surface area contributed by atoms with Crippen molar-refractivity contribution in [1.82, 2.24) is 0 Å². The average Bonchev–Trinajstić information content (AvgIpc) is 2.92. The molecule has 0 aliphatic rings. The molecule has 22 heavy (non-hydrogen) atoms. The number of nitrogens with one attached hydrogen (secondary N) is 1. The van der Waals surface area contributed by atoms with E-state index in [1.807, 2.05) is 38.1 Å². The zero-order chi connectivity index (χ0) is 15.9. The predicted molar refractivity (Wildman–Crippen MR) is 93.0 cm³/mol. The molecule has 0 radical (unpaired) electrons. The van der Waals surface area contributed by atoms with Crippen molar-refractivity contribution in [3.8, 4) is 0 Å². The fourth-order valence-electron chi connectivity index (χ4n) is 2.37. The summed E-state index contributed by atoms with van der Waals surface area (Å²) in [5, 5.41) is 1.64. The number of nitrogen functional groups attached to an aromatic ring is 1. The van der Waals surface area contributed by atoms with Gasteiger partial charge in [0.2, 0.25) is 0 Å². The van der Waals surface area contributed by atoms with Crippen LogP contribution in [0.5, 0.6) is 0 Å². The van der Waals surface area contributed by atoms with Gasteiger partial charge < -0.3 is 5.73 Å². The summed E-state index contributed by atoms with van der Waals surface area (Å²) in [6.45, 7) is 3.75. The highest BCUT2D eigenvalue weighted by molar-refractivity contribution is 7.94. The summed E-state index contributed by atoms with van der Waals surface area (Å²) in [5.41, 5.74) is 8.16. The van der Waals surface area contributed by atoms with E-state index >= 15 is 0 Å². The van der Waals surface area contributed by atoms with Gasteiger partial charge in [-0.2, -0.15) is 0 Å². The van der Waals surface area contributed by atoms with Crippen LogP contribution in [0.3, 0.4) is 0 Å². The van der Waals surface area contributed by atoms with Gasteiger partial charge in [0.25, 0.3) is 10.0 Å². The Balaban J connectivity index is 2.14. The molecule has 0 unspecified atom stereocenters. The summed E-state index contributed by atoms with van der Waals surface area (Å²) in [6.07, 6.45) is 0. The Hall–Kier alpha value is -2.05. The van der Waals surface area contributed by atoms with Gasteiger partial charge in [-0.1, -0.05) is 24.3 Å². The number of aryl methyl sites for hydroxylation is 2. The van der Waals surface area contributed by atoms with E-state index in [-0.39, 0.29) is 0 Å². The Morgan fingerprint density at radius 2 is 1.73 bits per heavy atom. The molecule has 6 heteroatoms. The highest BCUT2D eigenvalue weighted by Gasteiger charge is 2.18. The number of anilines is 2. The van der Waals surface area contributed by atoms with Crippen LogP contribution < -0.4 is 10.5 Å². The summed E-state index contributed by atoms with van der Waals surface area (Å²) in [7, 11) is -3.59. The first-order valence-corrected chi connectivity index (χ1v) is 9.05. The van der Waals surface area contributed by atoms with Crippen LogP contribution in [-0.2, 0) is 10.0 Å². The maximum atomic E-state index is 12.5. The lowest BCUT2D eigenvalue weighted by molar-refractivity contribution is 0.603. The Kier molecular flexibility index (Phi) is 3.58. The lowest BCUT2D eigenvalue weighted by atomic mass is 10.0. The van der Waals surface area contributed by atoms with Gasteiger partial charge in [0.15, 0.2) is 0 Å². The molecule has 0 amide bonds. The number of fused-ring (bicyclic) bond motifs is 1. The van der Waals surface area contributed by atoms with E-state index in [9.17, 15) is 8.42 Å². The van der Waals surface area contributed by atoms with Crippen molar-refractivity contribution in [3.05, 3.63) is 52.9 Å². The number of benzene rings is 2. The number of hydrogen-bond donors (Lipinski definition) is 2. The van der Waals surface area contributed by atoms with Crippen molar-refractivity contribution in [2.24, 2.45) is 0 Å². The number of rotatable bonds is 3. The van der Waals surface area contributed by atoms with Crippen LogP contribution in [0.2, 0.25) is 0 Å². The zero-order valence-electron chi connectivity index (χ0n) is 12.3. The molecule has 1 heterocycles. The SMILES string of the molecule is Cc1ccc(S(=O)(=O)Nc2cc(C)c(N)c3ccccc23)s1. The number of thiophene rings is 1. The Bertz CT molecular complexity index is 959. The molecule has 1 aromatic heterocycles. The van der Waals surface area contributed by atoms with Crippen molar-refractivity contribution in [2.75, 3.05) is 10.5 Å². The summed E-state index contributed by atoms with van der Waals surface area (Å²) >= 11 is 1.25. The van der Waals surface area contributed by atoms with Crippen molar-refractivity contribution in [3.63, 3.8) is 0 Å². The normalized spacial score (nSPS) is 11.7. The monoisotopic (exact) mass is 332 g/mol. The first kappa shape index (κ1) is 14.9. The van der Waals surface area contributed by atoms with Crippen LogP contribution in [0.1, 0.15) is 10.4 Å². The molecule has 0 fully saturated rings. The van der Waals surface area contributed by atoms with Crippen LogP contribution >= 0.6 is 11.3 Å². The molecule has 4 nitrogen and oxygen atoms in total. The van der Waals surface area contributed by atoms with Gasteiger partial charge in [-0.05, 0) is 37.6 Å². The van der Waals surface area contributed by atoms with E-state index in [1.54, 1.807) is 18.2 Å². The molecule has 3 aromatic rings. The topological polar surface area (TPSA) is 72.2 Å². The molecule has 0 atom stereocenters. The molecular weight excluding hydrogens is 316 g/mol. The molecule has 0 saturated heterocycles. The van der Waals surface area contributed by atoms with Gasteiger partial charge in [-0.25, -0.2) is 8.42 Å². The zero-order valence-corrected chi connectivity index (χ0v) is 13.9. The molecule has 2 aromatic carbocycles. The van der Waals surface area contributed by atoms with Gasteiger partial charge >= 0.3 is 0 Å². The minimum Gasteiger partial charge on any atom is -0.398 e. The minimum absolute atomic E-state index is 0.309. The maximum Gasteiger partial charge on any atom is 0.271 e. The quantitative estimate of drug-likeness (QED) is 0.715. The van der Waals surface area contributed by atoms with Gasteiger partial charge in [0, 0.05) is 21.3 Å². The maximum absolute atomic E-state index is 12.5. The average molecular weight is 332 g/mol. The van der Waals surface area contributed by atoms with E-state index in [0.29, 0.717) is 15.6 Å². The van der Waals surface area contributed by atoms with E-state index in [2.05, 4.69) is 4.72 Å². The third-order valence-corrected chi connectivity index (χ3v) is 6.38. The Morgan fingerprint density at radius 1 is 1.05 bits per heavy atom. The highest BCUT2D eigenvalue weighted by atomic mass is 32.2. The van der Waals surface area contributed by atoms with Crippen molar-refractivity contribution in [1.29, 1.82) is 0 Å². The minimum atomic E-state index is -3.59. The van der Waals surface area contributed by atoms with E-state index in [4.69, 9.17) is 5.73 Å². The lowest BCUT2D eigenvalue weighted by Crippen LogP contribution is -2.12. The second-order valence-corrected chi connectivity index (χ2v) is 8.37. The van der Waals surface area contributed by atoms with Crippen LogP contribution in [0.25, 0.3) is 10.8 Å². The van der Waals surface area contributed by atoms with E-state index in [0.717, 1.165) is 21.2 Å². The van der Waals surface area contributed by atoms with Crippen molar-refractivity contribution < 1.29 is 8.42 Å². The van der Waals surface area contributed by atoms with Crippen molar-refractivity contribution in [2.45, 2.75) is 18.1 Å². The Labute approximate surface area is 133 Å². The molecule has 114 valence electrons. The molecule has 0 aliphatic carbocycles. The number of hydrogen-bond acceptors (Lipinski definition) is 4. The summed E-state index contributed by atoms with van der Waals surface area (Å²) in [5.74, 6) is 0. The second-order valence-electron chi connectivity index (χ2n) is 5.17. The summed E-state index contributed by atoms with van der Waals surface area (Å²) in [6, 6.07) is 12.7. The summed E-state index contributed by atoms with van der Waals surface area (Å²) < 4.78 is 28.0. The van der Waals surface area contributed by atoms with E-state index < -0.39 is 10.0 Å². The van der Waals surface area contributed by atoms with Gasteiger partial charge in [-0.15, -0.1) is 11.3 Å². The molecule has 0 bridgehead atoms. The van der Waals surface area contributed by atoms with Crippen LogP contribution in [0.4, 0.5) is 11.4 Å². The molecule has 0 spiro atoms. The third kappa shape index (κ3) is 2.55. The van der Waals surface area contributed by atoms with Crippen LogP contribution in [0.15, 0.2) is 46.7 Å². The third-order valence-electron chi connectivity index (χ3n) is 3.52. The van der Waals surface area contributed by atoms with Gasteiger partial charge in [0.1, 0.15) is 4.21 Å². The fraction of sp³-hybridized carbons (Fsp3) is 0.125. The fourth-order valence-corrected chi connectivity index (χ4v) is 4.73. The standard InChI is InChI=1S/C16H16N2O2S2/c1-10-9-14(12-5-3-4-6-13(12)16(10)17)18-22(19,20)15-8-7-11(2)21-15/h3-9,18H,17H2,1-2H3. The largest absolute Gasteiger partial charge is 0.398 e. The smallest absolute Gasteiger partial charge is 0.271 e. The Morgan fingerprint density at radius 3 is 2.36 bits per heavy atom. The van der Waals surface area contributed by atoms with Gasteiger partial charge in [0.05, 0.1) is 5.69 Å².